The average Bonchev–Trinajstić information content (AvgIpc) is 3.18. The van der Waals surface area contributed by atoms with E-state index >= 15 is 0 Å². The molecule has 3 aliphatic carbocycles. The lowest BCUT2D eigenvalue weighted by atomic mass is 9.72. The minimum absolute atomic E-state index is 0.0807. The number of nitrogens with zero attached hydrogens (tertiary/aromatic N) is 2. The summed E-state index contributed by atoms with van der Waals surface area (Å²) in [5, 5.41) is 25.1. The number of allylic oxidation sites excluding steroid dienone is 6. The first-order valence-corrected chi connectivity index (χ1v) is 13.3. The van der Waals surface area contributed by atoms with Crippen LogP contribution in [0.3, 0.4) is 0 Å². The number of carbonyl (C=O) groups excluding carboxylic acids is 1. The summed E-state index contributed by atoms with van der Waals surface area (Å²) < 4.78 is 0. The minimum Gasteiger partial charge on any atom is -0.397 e. The number of hydrogen-bond donors (Lipinski definition) is 2. The molecule has 0 radical (unpaired) electrons. The molecule has 6 rings (SSSR count). The Hall–Kier alpha value is -4.87. The number of nitrogens with one attached hydrogen (secondary N) is 1. The molecular formula is C34H28N4O. The van der Waals surface area contributed by atoms with Gasteiger partial charge in [-0.3, -0.25) is 4.79 Å². The van der Waals surface area contributed by atoms with E-state index in [1.54, 1.807) is 12.1 Å². The molecule has 39 heavy (non-hydrogen) atoms. The molecule has 2 unspecified atom stereocenters. The highest BCUT2D eigenvalue weighted by molar-refractivity contribution is 6.21. The molecule has 2 atom stereocenters. The molecule has 0 spiro atoms. The summed E-state index contributed by atoms with van der Waals surface area (Å²) in [5.74, 6) is -0.0807. The summed E-state index contributed by atoms with van der Waals surface area (Å²) in [4.78, 5) is 13.8. The molecule has 0 amide bonds. The van der Waals surface area contributed by atoms with Crippen LogP contribution >= 0.6 is 0 Å². The van der Waals surface area contributed by atoms with E-state index in [1.165, 1.54) is 5.57 Å². The maximum absolute atomic E-state index is 13.8. The van der Waals surface area contributed by atoms with Gasteiger partial charge in [0.1, 0.15) is 6.04 Å². The van der Waals surface area contributed by atoms with Gasteiger partial charge in [0.15, 0.2) is 5.78 Å². The lowest BCUT2D eigenvalue weighted by Crippen LogP contribution is -2.27. The van der Waals surface area contributed by atoms with E-state index in [-0.39, 0.29) is 5.78 Å². The zero-order valence-corrected chi connectivity index (χ0v) is 21.8. The number of rotatable bonds is 4. The maximum atomic E-state index is 13.8. The van der Waals surface area contributed by atoms with Crippen LogP contribution in [0.25, 0.3) is 21.9 Å². The van der Waals surface area contributed by atoms with Crippen LogP contribution in [0.1, 0.15) is 60.1 Å². The monoisotopic (exact) mass is 508 g/mol. The van der Waals surface area contributed by atoms with Crippen molar-refractivity contribution >= 4 is 16.6 Å². The van der Waals surface area contributed by atoms with Gasteiger partial charge >= 0.3 is 0 Å². The van der Waals surface area contributed by atoms with Gasteiger partial charge in [0, 0.05) is 27.3 Å². The van der Waals surface area contributed by atoms with E-state index in [2.05, 4.69) is 30.5 Å². The van der Waals surface area contributed by atoms with Crippen molar-refractivity contribution < 1.29 is 4.79 Å². The zero-order chi connectivity index (χ0) is 27.1. The molecule has 0 heterocycles. The molecule has 3 aromatic rings. The molecule has 3 N–H and O–H groups in total. The van der Waals surface area contributed by atoms with Crippen molar-refractivity contribution in [1.82, 2.24) is 5.32 Å². The zero-order valence-electron chi connectivity index (χ0n) is 21.8. The lowest BCUT2D eigenvalue weighted by molar-refractivity contribution is 0.0957. The number of nitrogens with two attached hydrogens (primary N) is 1. The highest BCUT2D eigenvalue weighted by Crippen LogP contribution is 2.45. The Morgan fingerprint density at radius 3 is 2.49 bits per heavy atom. The molecule has 3 aromatic carbocycles. The van der Waals surface area contributed by atoms with Gasteiger partial charge < -0.3 is 11.1 Å². The first kappa shape index (κ1) is 24.5. The second kappa shape index (κ2) is 9.46. The normalized spacial score (nSPS) is 22.1. The van der Waals surface area contributed by atoms with Crippen molar-refractivity contribution in [3.63, 3.8) is 0 Å². The summed E-state index contributed by atoms with van der Waals surface area (Å²) in [7, 11) is 0. The fourth-order valence-electron chi connectivity index (χ4n) is 6.19. The molecular weight excluding hydrogens is 480 g/mol. The molecule has 190 valence electrons. The van der Waals surface area contributed by atoms with Crippen molar-refractivity contribution in [2.45, 2.75) is 38.6 Å². The first-order chi connectivity index (χ1) is 19.0. The Balaban J connectivity index is 1.45. The smallest absolute Gasteiger partial charge is 0.190 e. The quantitative estimate of drug-likeness (QED) is 0.373. The summed E-state index contributed by atoms with van der Waals surface area (Å²) in [6, 6.07) is 21.4. The topological polar surface area (TPSA) is 103 Å². The van der Waals surface area contributed by atoms with Gasteiger partial charge in [0.25, 0.3) is 0 Å². The number of ketones is 1. The fraction of sp³-hybridized carbons (Fsp3) is 0.206. The Kier molecular flexibility index (Phi) is 5.93. The average molecular weight is 509 g/mol. The van der Waals surface area contributed by atoms with Gasteiger partial charge in [-0.05, 0) is 67.5 Å². The third kappa shape index (κ3) is 3.87. The highest BCUT2D eigenvalue weighted by Gasteiger charge is 2.37. The molecule has 0 saturated heterocycles. The Labute approximate surface area is 228 Å². The van der Waals surface area contributed by atoms with Crippen molar-refractivity contribution in [1.29, 1.82) is 10.5 Å². The van der Waals surface area contributed by atoms with Crippen LogP contribution < -0.4 is 11.1 Å². The second-order valence-corrected chi connectivity index (χ2v) is 10.6. The standard InChI is InChI=1S/C34H28N4O/c1-34(23-10-6-3-7-11-23)17-16-28(37)29(18-24(34)20-36)38-32-26-13-12-22(19-35)30-25(21-8-4-2-5-9-21)14-15-27(31(26)30)33(32)39/h2,4-5,8-10,12-18,32,38H,3,6-7,11,37H2,1H3. The van der Waals surface area contributed by atoms with E-state index in [9.17, 15) is 15.3 Å². The van der Waals surface area contributed by atoms with Crippen LogP contribution in [0.2, 0.25) is 0 Å². The largest absolute Gasteiger partial charge is 0.397 e. The summed E-state index contributed by atoms with van der Waals surface area (Å²) in [6.45, 7) is 2.07. The Bertz CT molecular complexity index is 1740. The molecule has 5 nitrogen and oxygen atoms in total. The number of nitriles is 2. The SMILES string of the molecule is CC1(C2=CCCCC2)C=CC(N)=C(NC2C(=O)c3ccc(-c4ccccc4)c4c(C#N)ccc2c34)C=C1C#N. The summed E-state index contributed by atoms with van der Waals surface area (Å²) in [6.07, 6.45) is 12.2. The van der Waals surface area contributed by atoms with E-state index in [0.29, 0.717) is 28.1 Å². The predicted molar refractivity (Wildman–Crippen MR) is 153 cm³/mol. The first-order valence-electron chi connectivity index (χ1n) is 13.3. The van der Waals surface area contributed by atoms with Gasteiger partial charge in [-0.15, -0.1) is 0 Å². The second-order valence-electron chi connectivity index (χ2n) is 10.6. The molecule has 0 bridgehead atoms. The van der Waals surface area contributed by atoms with Crippen molar-refractivity contribution in [2.75, 3.05) is 0 Å². The molecule has 0 aromatic heterocycles. The van der Waals surface area contributed by atoms with Crippen LogP contribution in [0.15, 0.2) is 101 Å². The van der Waals surface area contributed by atoms with Crippen molar-refractivity contribution in [2.24, 2.45) is 11.1 Å². The van der Waals surface area contributed by atoms with Crippen LogP contribution in [0, 0.1) is 28.1 Å². The third-order valence-corrected chi connectivity index (χ3v) is 8.37. The minimum atomic E-state index is -0.683. The van der Waals surface area contributed by atoms with Crippen LogP contribution in [-0.2, 0) is 0 Å². The lowest BCUT2D eigenvalue weighted by Gasteiger charge is -2.31. The predicted octanol–water partition coefficient (Wildman–Crippen LogP) is 6.90. The van der Waals surface area contributed by atoms with E-state index < -0.39 is 11.5 Å². The number of Topliss-reactive ketones (excluding diaryl/α,β-unsaturated/α-hetero) is 1. The highest BCUT2D eigenvalue weighted by atomic mass is 16.1. The van der Waals surface area contributed by atoms with Crippen LogP contribution in [0.5, 0.6) is 0 Å². The number of carbonyl (C=O) groups is 1. The molecule has 3 aliphatic rings. The van der Waals surface area contributed by atoms with Crippen molar-refractivity contribution in [3.05, 3.63) is 118 Å². The third-order valence-electron chi connectivity index (χ3n) is 8.37. The van der Waals surface area contributed by atoms with Gasteiger partial charge in [-0.1, -0.05) is 66.3 Å². The molecule has 0 saturated carbocycles. The van der Waals surface area contributed by atoms with Crippen LogP contribution in [0.4, 0.5) is 0 Å². The maximum Gasteiger partial charge on any atom is 0.190 e. The Morgan fingerprint density at radius 2 is 1.77 bits per heavy atom. The number of hydrogen-bond acceptors (Lipinski definition) is 5. The van der Waals surface area contributed by atoms with Gasteiger partial charge in [0.05, 0.1) is 29.1 Å². The number of benzene rings is 3. The van der Waals surface area contributed by atoms with E-state index in [0.717, 1.165) is 53.1 Å². The summed E-state index contributed by atoms with van der Waals surface area (Å²) >= 11 is 0. The fourth-order valence-corrected chi connectivity index (χ4v) is 6.19. The van der Waals surface area contributed by atoms with Crippen LogP contribution in [-0.4, -0.2) is 5.78 Å². The Morgan fingerprint density at radius 1 is 0.974 bits per heavy atom. The summed E-state index contributed by atoms with van der Waals surface area (Å²) in [5.41, 5.74) is 12.6. The molecule has 0 aliphatic heterocycles. The van der Waals surface area contributed by atoms with Gasteiger partial charge in [-0.25, -0.2) is 0 Å². The van der Waals surface area contributed by atoms with Gasteiger partial charge in [0.2, 0.25) is 0 Å². The molecule has 0 fully saturated rings. The molecule has 5 heteroatoms. The van der Waals surface area contributed by atoms with E-state index in [1.807, 2.05) is 60.7 Å². The van der Waals surface area contributed by atoms with Crippen molar-refractivity contribution in [3.8, 4) is 23.3 Å². The van der Waals surface area contributed by atoms with E-state index in [4.69, 9.17) is 5.73 Å². The van der Waals surface area contributed by atoms with Gasteiger partial charge in [-0.2, -0.15) is 10.5 Å².